The van der Waals surface area contributed by atoms with Gasteiger partial charge >= 0.3 is 5.97 Å². The third-order valence-corrected chi connectivity index (χ3v) is 7.85. The summed E-state index contributed by atoms with van der Waals surface area (Å²) < 4.78 is 10.9. The highest BCUT2D eigenvalue weighted by atomic mass is 16.5. The number of unbranched alkanes of at least 4 members (excludes halogenated alkanes) is 4. The van der Waals surface area contributed by atoms with E-state index in [0.29, 0.717) is 32.2 Å². The zero-order valence-electron chi connectivity index (χ0n) is 24.7. The lowest BCUT2D eigenvalue weighted by Gasteiger charge is -2.39. The van der Waals surface area contributed by atoms with E-state index in [2.05, 4.69) is 10.6 Å². The molecular formula is C30H50N2O9. The number of aliphatic hydroxyl groups excluding tert-OH is 4. The van der Waals surface area contributed by atoms with Crippen molar-refractivity contribution in [2.75, 3.05) is 19.8 Å². The number of esters is 1. The minimum atomic E-state index is -1.33. The molecule has 2 rings (SSSR count). The molecule has 0 bridgehead atoms. The number of allylic oxidation sites excluding steroid dienone is 1. The lowest BCUT2D eigenvalue weighted by Crippen LogP contribution is -2.54. The van der Waals surface area contributed by atoms with Crippen LogP contribution >= 0.6 is 0 Å². The molecule has 2 aliphatic rings. The van der Waals surface area contributed by atoms with Crippen molar-refractivity contribution in [2.24, 2.45) is 11.8 Å². The van der Waals surface area contributed by atoms with E-state index < -0.39 is 42.5 Å². The summed E-state index contributed by atoms with van der Waals surface area (Å²) in [7, 11) is 0. The molecule has 2 fully saturated rings. The van der Waals surface area contributed by atoms with E-state index >= 15 is 0 Å². The third kappa shape index (κ3) is 12.2. The molecule has 0 spiro atoms. The van der Waals surface area contributed by atoms with E-state index in [0.717, 1.165) is 32.1 Å². The molecule has 11 nitrogen and oxygen atoms in total. The third-order valence-electron chi connectivity index (χ3n) is 7.85. The van der Waals surface area contributed by atoms with Gasteiger partial charge in [0.05, 0.1) is 25.4 Å². The maximum absolute atomic E-state index is 12.2. The van der Waals surface area contributed by atoms with Crippen molar-refractivity contribution in [3.05, 3.63) is 23.8 Å². The Morgan fingerprint density at radius 2 is 1.83 bits per heavy atom. The maximum Gasteiger partial charge on any atom is 0.330 e. The van der Waals surface area contributed by atoms with Gasteiger partial charge in [-0.3, -0.25) is 9.59 Å². The summed E-state index contributed by atoms with van der Waals surface area (Å²) in [4.78, 5) is 35.9. The summed E-state index contributed by atoms with van der Waals surface area (Å²) in [5.41, 5.74) is 0.263. The average molecular weight is 583 g/mol. The van der Waals surface area contributed by atoms with Crippen LogP contribution in [0, 0.1) is 11.8 Å². The van der Waals surface area contributed by atoms with Gasteiger partial charge in [-0.25, -0.2) is 4.79 Å². The SMILES string of the molecule is C/C(=C\C(=O)OCCCCCCCC(=O)NC1CCCNC1=O)C(O)[C@@H]1OC[C@H](C/C=C/[C@@H](C)[C@H](C)O)[C@@H](O)[C@H]1O. The first-order chi connectivity index (χ1) is 19.5. The summed E-state index contributed by atoms with van der Waals surface area (Å²) >= 11 is 0. The van der Waals surface area contributed by atoms with Crippen LogP contribution in [0.25, 0.3) is 0 Å². The smallest absolute Gasteiger partial charge is 0.330 e. The van der Waals surface area contributed by atoms with E-state index in [9.17, 15) is 34.8 Å². The van der Waals surface area contributed by atoms with Crippen LogP contribution in [0.3, 0.4) is 0 Å². The van der Waals surface area contributed by atoms with Crippen molar-refractivity contribution in [2.45, 2.75) is 115 Å². The quantitative estimate of drug-likeness (QED) is 0.0678. The second kappa shape index (κ2) is 18.3. The molecule has 0 aromatic carbocycles. The van der Waals surface area contributed by atoms with Crippen LogP contribution in [0.1, 0.15) is 78.6 Å². The number of rotatable bonds is 16. The Balaban J connectivity index is 1.61. The van der Waals surface area contributed by atoms with Crippen LogP contribution in [0.15, 0.2) is 23.8 Å². The fraction of sp³-hybridized carbons (Fsp3) is 0.767. The zero-order chi connectivity index (χ0) is 30.4. The maximum atomic E-state index is 12.2. The summed E-state index contributed by atoms with van der Waals surface area (Å²) in [5.74, 6) is -1.23. The lowest BCUT2D eigenvalue weighted by molar-refractivity contribution is -0.187. The molecular weight excluding hydrogens is 532 g/mol. The number of nitrogens with one attached hydrogen (secondary N) is 2. The van der Waals surface area contributed by atoms with E-state index in [-0.39, 0.29) is 42.4 Å². The fourth-order valence-corrected chi connectivity index (χ4v) is 4.86. The predicted molar refractivity (Wildman–Crippen MR) is 152 cm³/mol. The van der Waals surface area contributed by atoms with Gasteiger partial charge in [0.1, 0.15) is 24.4 Å². The standard InChI is InChI=1S/C30H50N2O9/c1-19(21(3)33)11-9-12-22-18-41-29(28(38)27(22)37)26(36)20(2)17-25(35)40-16-8-6-4-5-7-14-24(34)32-23-13-10-15-31-30(23)39/h9,11,17,19,21-23,26-29,33,36-38H,4-8,10,12-16,18H2,1-3H3,(H,31,39)(H,32,34)/b11-9+,20-17+/t19-,21+,22+,23?,26?,27-,28-,29+/m1/s1. The molecule has 0 aromatic heterocycles. The Hall–Kier alpha value is -2.31. The van der Waals surface area contributed by atoms with Gasteiger partial charge in [-0.15, -0.1) is 0 Å². The Kier molecular flexibility index (Phi) is 15.6. The molecule has 41 heavy (non-hydrogen) atoms. The van der Waals surface area contributed by atoms with Crippen molar-refractivity contribution in [3.8, 4) is 0 Å². The lowest BCUT2D eigenvalue weighted by atomic mass is 9.86. The Labute approximate surface area is 243 Å². The number of amides is 2. The highest BCUT2D eigenvalue weighted by molar-refractivity contribution is 5.88. The molecule has 0 radical (unpaired) electrons. The first kappa shape index (κ1) is 34.9. The summed E-state index contributed by atoms with van der Waals surface area (Å²) in [6.07, 6.45) is 5.92. The van der Waals surface area contributed by atoms with Crippen LogP contribution in [-0.2, 0) is 23.9 Å². The minimum absolute atomic E-state index is 0.0352. The molecule has 234 valence electrons. The molecule has 2 amide bonds. The van der Waals surface area contributed by atoms with Gasteiger partial charge < -0.3 is 40.5 Å². The van der Waals surface area contributed by atoms with Crippen molar-refractivity contribution in [3.63, 3.8) is 0 Å². The van der Waals surface area contributed by atoms with Crippen LogP contribution < -0.4 is 10.6 Å². The van der Waals surface area contributed by atoms with Gasteiger partial charge in [0.15, 0.2) is 0 Å². The fourth-order valence-electron chi connectivity index (χ4n) is 4.86. The highest BCUT2D eigenvalue weighted by Crippen LogP contribution is 2.27. The number of ether oxygens (including phenoxy) is 2. The number of piperidine rings is 1. The molecule has 8 atom stereocenters. The molecule has 0 aliphatic carbocycles. The van der Waals surface area contributed by atoms with Gasteiger partial charge in [-0.05, 0) is 57.4 Å². The van der Waals surface area contributed by atoms with Crippen LogP contribution in [-0.4, -0.2) is 94.5 Å². The van der Waals surface area contributed by atoms with Crippen molar-refractivity contribution >= 4 is 17.8 Å². The van der Waals surface area contributed by atoms with Crippen LogP contribution in [0.2, 0.25) is 0 Å². The average Bonchev–Trinajstić information content (AvgIpc) is 2.93. The van der Waals surface area contributed by atoms with E-state index in [1.807, 2.05) is 19.1 Å². The molecule has 2 heterocycles. The predicted octanol–water partition coefficient (Wildman–Crippen LogP) is 1.27. The number of aliphatic hydroxyl groups is 4. The number of carbonyl (C=O) groups excluding carboxylic acids is 3. The molecule has 2 saturated heterocycles. The Bertz CT molecular complexity index is 891. The Morgan fingerprint density at radius 3 is 2.54 bits per heavy atom. The number of hydrogen-bond donors (Lipinski definition) is 6. The van der Waals surface area contributed by atoms with Gasteiger partial charge in [-0.1, -0.05) is 38.3 Å². The van der Waals surface area contributed by atoms with Crippen molar-refractivity contribution in [1.82, 2.24) is 10.6 Å². The second-order valence-electron chi connectivity index (χ2n) is 11.4. The van der Waals surface area contributed by atoms with Gasteiger partial charge in [0.2, 0.25) is 11.8 Å². The van der Waals surface area contributed by atoms with E-state index in [1.165, 1.54) is 13.0 Å². The molecule has 2 aliphatic heterocycles. The Morgan fingerprint density at radius 1 is 1.12 bits per heavy atom. The normalized spacial score (nSPS) is 27.6. The number of hydrogen-bond acceptors (Lipinski definition) is 9. The van der Waals surface area contributed by atoms with Crippen LogP contribution in [0.5, 0.6) is 0 Å². The van der Waals surface area contributed by atoms with Gasteiger partial charge in [0, 0.05) is 25.0 Å². The largest absolute Gasteiger partial charge is 0.463 e. The molecule has 6 N–H and O–H groups in total. The zero-order valence-corrected chi connectivity index (χ0v) is 24.7. The minimum Gasteiger partial charge on any atom is -0.463 e. The summed E-state index contributed by atoms with van der Waals surface area (Å²) in [5, 5.41) is 46.9. The van der Waals surface area contributed by atoms with Crippen molar-refractivity contribution in [1.29, 1.82) is 0 Å². The first-order valence-electron chi connectivity index (χ1n) is 14.9. The summed E-state index contributed by atoms with van der Waals surface area (Å²) in [6, 6.07) is -0.423. The van der Waals surface area contributed by atoms with Gasteiger partial charge in [0.25, 0.3) is 0 Å². The molecule has 2 unspecified atom stereocenters. The van der Waals surface area contributed by atoms with E-state index in [1.54, 1.807) is 6.92 Å². The number of carbonyl (C=O) groups is 3. The van der Waals surface area contributed by atoms with E-state index in [4.69, 9.17) is 9.47 Å². The highest BCUT2D eigenvalue weighted by Gasteiger charge is 2.41. The van der Waals surface area contributed by atoms with Crippen molar-refractivity contribution < 1.29 is 44.3 Å². The topological polar surface area (TPSA) is 175 Å². The summed E-state index contributed by atoms with van der Waals surface area (Å²) in [6.45, 7) is 6.13. The molecule has 11 heteroatoms. The first-order valence-corrected chi connectivity index (χ1v) is 14.9. The van der Waals surface area contributed by atoms with Crippen LogP contribution in [0.4, 0.5) is 0 Å². The monoisotopic (exact) mass is 582 g/mol. The van der Waals surface area contributed by atoms with Gasteiger partial charge in [-0.2, -0.15) is 0 Å². The second-order valence-corrected chi connectivity index (χ2v) is 11.4. The molecule has 0 saturated carbocycles. The molecule has 0 aromatic rings.